The third-order valence-corrected chi connectivity index (χ3v) is 3.75. The summed E-state index contributed by atoms with van der Waals surface area (Å²) in [5, 5.41) is 0. The molecule has 0 saturated heterocycles. The highest BCUT2D eigenvalue weighted by atomic mass is 15.1. The molecule has 0 amide bonds. The zero-order chi connectivity index (χ0) is 12.8. The molecule has 94 valence electrons. The van der Waals surface area contributed by atoms with Gasteiger partial charge < -0.3 is 10.3 Å². The predicted molar refractivity (Wildman–Crippen MR) is 72.3 cm³/mol. The molecule has 2 N–H and O–H groups in total. The van der Waals surface area contributed by atoms with Crippen molar-refractivity contribution in [1.82, 2.24) is 9.55 Å². The topological polar surface area (TPSA) is 43.8 Å². The third-order valence-electron chi connectivity index (χ3n) is 3.75. The molecule has 3 heteroatoms. The lowest BCUT2D eigenvalue weighted by atomic mass is 10.0. The van der Waals surface area contributed by atoms with Gasteiger partial charge in [0, 0.05) is 12.2 Å². The molecule has 0 bridgehead atoms. The molecule has 0 fully saturated rings. The van der Waals surface area contributed by atoms with Crippen LogP contribution in [0, 0.1) is 0 Å². The summed E-state index contributed by atoms with van der Waals surface area (Å²) in [4.78, 5) is 4.28. The van der Waals surface area contributed by atoms with Crippen LogP contribution in [0.4, 0.5) is 0 Å². The van der Waals surface area contributed by atoms with E-state index in [1.54, 1.807) is 0 Å². The van der Waals surface area contributed by atoms with Crippen molar-refractivity contribution in [2.24, 2.45) is 5.73 Å². The number of nitrogens with two attached hydrogens (primary N) is 1. The molecule has 0 radical (unpaired) electrons. The molecule has 1 aromatic heterocycles. The molecule has 1 aliphatic carbocycles. The highest BCUT2D eigenvalue weighted by Gasteiger charge is 2.27. The van der Waals surface area contributed by atoms with E-state index in [-0.39, 0.29) is 5.54 Å². The lowest BCUT2D eigenvalue weighted by molar-refractivity contribution is 0.441. The van der Waals surface area contributed by atoms with E-state index in [4.69, 9.17) is 5.73 Å². The first-order valence-corrected chi connectivity index (χ1v) is 6.43. The van der Waals surface area contributed by atoms with Crippen molar-refractivity contribution in [2.45, 2.75) is 38.3 Å². The molecular weight excluding hydrogens is 222 g/mol. The summed E-state index contributed by atoms with van der Waals surface area (Å²) in [5.74, 6) is 0. The molecule has 0 atom stereocenters. The van der Waals surface area contributed by atoms with Crippen molar-refractivity contribution in [3.8, 4) is 0 Å². The van der Waals surface area contributed by atoms with Crippen LogP contribution in [0.3, 0.4) is 0 Å². The van der Waals surface area contributed by atoms with E-state index in [9.17, 15) is 0 Å². The molecule has 1 aromatic carbocycles. The molecule has 18 heavy (non-hydrogen) atoms. The Hall–Kier alpha value is -1.61. The van der Waals surface area contributed by atoms with Gasteiger partial charge in [0.2, 0.25) is 0 Å². The fraction of sp³-hybridized carbons (Fsp3) is 0.400. The summed E-state index contributed by atoms with van der Waals surface area (Å²) >= 11 is 0. The van der Waals surface area contributed by atoms with Gasteiger partial charge in [-0.3, -0.25) is 0 Å². The molecule has 0 saturated carbocycles. The van der Waals surface area contributed by atoms with E-state index < -0.39 is 0 Å². The first-order chi connectivity index (χ1) is 8.55. The van der Waals surface area contributed by atoms with Crippen molar-refractivity contribution in [3.05, 3.63) is 53.6 Å². The Morgan fingerprint density at radius 3 is 2.39 bits per heavy atom. The van der Waals surface area contributed by atoms with E-state index in [0.717, 1.165) is 18.5 Å². The van der Waals surface area contributed by atoms with Crippen molar-refractivity contribution in [1.29, 1.82) is 0 Å². The SMILES string of the molecule is CC(C)(N)c1cncn1C1Cc2ccccc2C1. The molecule has 0 aliphatic heterocycles. The smallest absolute Gasteiger partial charge is 0.0951 e. The average molecular weight is 241 g/mol. The Kier molecular flexibility index (Phi) is 2.52. The van der Waals surface area contributed by atoms with Gasteiger partial charge in [-0.25, -0.2) is 4.98 Å². The predicted octanol–water partition coefficient (Wildman–Crippen LogP) is 2.42. The Balaban J connectivity index is 1.94. The van der Waals surface area contributed by atoms with E-state index in [2.05, 4.69) is 33.8 Å². The number of fused-ring (bicyclic) bond motifs is 1. The zero-order valence-corrected chi connectivity index (χ0v) is 10.9. The summed E-state index contributed by atoms with van der Waals surface area (Å²) in [6.07, 6.45) is 5.97. The molecule has 1 heterocycles. The summed E-state index contributed by atoms with van der Waals surface area (Å²) < 4.78 is 2.25. The van der Waals surface area contributed by atoms with Gasteiger partial charge in [-0.1, -0.05) is 24.3 Å². The quantitative estimate of drug-likeness (QED) is 0.877. The minimum Gasteiger partial charge on any atom is -0.329 e. The van der Waals surface area contributed by atoms with Crippen molar-refractivity contribution < 1.29 is 0 Å². The number of rotatable bonds is 2. The minimum absolute atomic E-state index is 0.342. The number of benzene rings is 1. The Morgan fingerprint density at radius 1 is 1.22 bits per heavy atom. The van der Waals surface area contributed by atoms with E-state index >= 15 is 0 Å². The molecule has 0 spiro atoms. The second-order valence-electron chi connectivity index (χ2n) is 5.74. The summed E-state index contributed by atoms with van der Waals surface area (Å²) in [6, 6.07) is 9.13. The minimum atomic E-state index is -0.342. The first kappa shape index (κ1) is 11.5. The number of hydrogen-bond donors (Lipinski definition) is 1. The fourth-order valence-electron chi connectivity index (χ4n) is 2.83. The lowest BCUT2D eigenvalue weighted by Crippen LogP contribution is -2.32. The fourth-order valence-corrected chi connectivity index (χ4v) is 2.83. The lowest BCUT2D eigenvalue weighted by Gasteiger charge is -2.24. The van der Waals surface area contributed by atoms with Crippen molar-refractivity contribution >= 4 is 0 Å². The van der Waals surface area contributed by atoms with E-state index in [1.807, 2.05) is 26.4 Å². The van der Waals surface area contributed by atoms with Gasteiger partial charge in [0.05, 0.1) is 17.6 Å². The van der Waals surface area contributed by atoms with Crippen LogP contribution in [0.1, 0.15) is 36.7 Å². The van der Waals surface area contributed by atoms with Crippen LogP contribution in [-0.2, 0) is 18.4 Å². The monoisotopic (exact) mass is 241 g/mol. The second kappa shape index (κ2) is 3.95. The highest BCUT2D eigenvalue weighted by Crippen LogP contribution is 2.32. The maximum atomic E-state index is 6.21. The summed E-state index contributed by atoms with van der Waals surface area (Å²) in [6.45, 7) is 4.06. The average Bonchev–Trinajstić information content (AvgIpc) is 2.94. The number of aromatic nitrogens is 2. The zero-order valence-electron chi connectivity index (χ0n) is 10.9. The Bertz CT molecular complexity index is 538. The van der Waals surface area contributed by atoms with Gasteiger partial charge in [0.15, 0.2) is 0 Å². The van der Waals surface area contributed by atoms with Crippen LogP contribution in [0.25, 0.3) is 0 Å². The molecular formula is C15H19N3. The van der Waals surface area contributed by atoms with Crippen LogP contribution in [-0.4, -0.2) is 9.55 Å². The van der Waals surface area contributed by atoms with Crippen LogP contribution in [0.15, 0.2) is 36.8 Å². The van der Waals surface area contributed by atoms with Gasteiger partial charge in [-0.15, -0.1) is 0 Å². The number of hydrogen-bond acceptors (Lipinski definition) is 2. The highest BCUT2D eigenvalue weighted by molar-refractivity contribution is 5.33. The van der Waals surface area contributed by atoms with Crippen LogP contribution >= 0.6 is 0 Å². The largest absolute Gasteiger partial charge is 0.329 e. The van der Waals surface area contributed by atoms with Crippen LogP contribution in [0.5, 0.6) is 0 Å². The van der Waals surface area contributed by atoms with Crippen molar-refractivity contribution in [3.63, 3.8) is 0 Å². The summed E-state index contributed by atoms with van der Waals surface area (Å²) in [7, 11) is 0. The van der Waals surface area contributed by atoms with Gasteiger partial charge in [-0.2, -0.15) is 0 Å². The normalized spacial score (nSPS) is 15.9. The van der Waals surface area contributed by atoms with Gasteiger partial charge in [0.1, 0.15) is 0 Å². The molecule has 2 aromatic rings. The van der Waals surface area contributed by atoms with Crippen LogP contribution in [0.2, 0.25) is 0 Å². The molecule has 3 rings (SSSR count). The van der Waals surface area contributed by atoms with Gasteiger partial charge in [-0.05, 0) is 37.8 Å². The van der Waals surface area contributed by atoms with Gasteiger partial charge >= 0.3 is 0 Å². The third kappa shape index (κ3) is 1.85. The first-order valence-electron chi connectivity index (χ1n) is 6.43. The standard InChI is InChI=1S/C15H19N3/c1-15(2,16)14-9-17-10-18(14)13-7-11-5-3-4-6-12(11)8-13/h3-6,9-10,13H,7-8,16H2,1-2H3. The Labute approximate surface area is 108 Å². The maximum absolute atomic E-state index is 6.21. The number of imidazole rings is 1. The summed E-state index contributed by atoms with van der Waals surface area (Å²) in [5.41, 5.74) is 9.89. The molecule has 3 nitrogen and oxygen atoms in total. The molecule has 1 aliphatic rings. The Morgan fingerprint density at radius 2 is 1.83 bits per heavy atom. The van der Waals surface area contributed by atoms with E-state index in [1.165, 1.54) is 11.1 Å². The number of nitrogens with zero attached hydrogens (tertiary/aromatic N) is 2. The van der Waals surface area contributed by atoms with Crippen LogP contribution < -0.4 is 5.73 Å². The van der Waals surface area contributed by atoms with E-state index in [0.29, 0.717) is 6.04 Å². The van der Waals surface area contributed by atoms with Gasteiger partial charge in [0.25, 0.3) is 0 Å². The second-order valence-corrected chi connectivity index (χ2v) is 5.74. The maximum Gasteiger partial charge on any atom is 0.0951 e. The molecule has 0 unspecified atom stereocenters. The van der Waals surface area contributed by atoms with Crippen molar-refractivity contribution in [2.75, 3.05) is 0 Å².